The van der Waals surface area contributed by atoms with Crippen molar-refractivity contribution in [3.8, 4) is 22.6 Å². The quantitative estimate of drug-likeness (QED) is 0.381. The van der Waals surface area contributed by atoms with E-state index in [0.29, 0.717) is 5.75 Å². The van der Waals surface area contributed by atoms with Crippen LogP contribution in [-0.2, 0) is 4.79 Å². The van der Waals surface area contributed by atoms with Crippen molar-refractivity contribution in [3.05, 3.63) is 48.5 Å². The Balaban J connectivity index is 1.59. The lowest BCUT2D eigenvalue weighted by Gasteiger charge is -2.08. The van der Waals surface area contributed by atoms with Crippen LogP contribution in [0, 0.1) is 11.3 Å². The molecule has 3 nitrogen and oxygen atoms in total. The van der Waals surface area contributed by atoms with Gasteiger partial charge in [-0.25, -0.2) is 0 Å². The molecule has 1 saturated carbocycles. The molecule has 0 bridgehead atoms. The number of unbranched alkanes of at least 4 members (excludes halogenated alkanes) is 1. The van der Waals surface area contributed by atoms with Crippen LogP contribution >= 0.6 is 0 Å². The largest absolute Gasteiger partial charge is 0.494 e. The molecule has 25 heavy (non-hydrogen) atoms. The van der Waals surface area contributed by atoms with Crippen LogP contribution in [0.5, 0.6) is 11.5 Å². The third-order valence-electron chi connectivity index (χ3n) is 4.82. The average molecular weight is 338 g/mol. The van der Waals surface area contributed by atoms with E-state index in [-0.39, 0.29) is 17.3 Å². The first kappa shape index (κ1) is 17.5. The zero-order valence-electron chi connectivity index (χ0n) is 15.2. The van der Waals surface area contributed by atoms with Crippen molar-refractivity contribution in [3.63, 3.8) is 0 Å². The molecule has 0 N–H and O–H groups in total. The molecule has 0 aliphatic heterocycles. The van der Waals surface area contributed by atoms with Gasteiger partial charge in [-0.3, -0.25) is 4.79 Å². The Kier molecular flexibility index (Phi) is 5.12. The van der Waals surface area contributed by atoms with Gasteiger partial charge in [0, 0.05) is 0 Å². The molecule has 0 saturated heterocycles. The third kappa shape index (κ3) is 4.41. The normalized spacial score (nSPS) is 17.8. The lowest BCUT2D eigenvalue weighted by atomic mass is 10.1. The summed E-state index contributed by atoms with van der Waals surface area (Å²) >= 11 is 0. The smallest absolute Gasteiger partial charge is 0.314 e. The molecule has 132 valence electrons. The molecule has 1 unspecified atom stereocenters. The maximum absolute atomic E-state index is 12.1. The van der Waals surface area contributed by atoms with Crippen LogP contribution in [0.3, 0.4) is 0 Å². The van der Waals surface area contributed by atoms with E-state index >= 15 is 0 Å². The zero-order valence-corrected chi connectivity index (χ0v) is 15.2. The van der Waals surface area contributed by atoms with E-state index in [1.54, 1.807) is 0 Å². The topological polar surface area (TPSA) is 35.5 Å². The molecular formula is C22H26O3. The van der Waals surface area contributed by atoms with Crippen molar-refractivity contribution in [1.82, 2.24) is 0 Å². The maximum atomic E-state index is 12.1. The molecule has 1 fully saturated rings. The fourth-order valence-corrected chi connectivity index (χ4v) is 2.85. The number of rotatable bonds is 7. The van der Waals surface area contributed by atoms with E-state index < -0.39 is 0 Å². The summed E-state index contributed by atoms with van der Waals surface area (Å²) in [5.74, 6) is 1.42. The Morgan fingerprint density at radius 2 is 1.52 bits per heavy atom. The molecule has 3 rings (SSSR count). The number of carbonyl (C=O) groups excluding carboxylic acids is 1. The van der Waals surface area contributed by atoms with E-state index in [0.717, 1.165) is 42.7 Å². The van der Waals surface area contributed by atoms with Crippen molar-refractivity contribution in [2.24, 2.45) is 11.3 Å². The molecular weight excluding hydrogens is 312 g/mol. The van der Waals surface area contributed by atoms with Crippen LogP contribution in [0.25, 0.3) is 11.1 Å². The number of esters is 1. The Morgan fingerprint density at radius 3 is 2.00 bits per heavy atom. The highest BCUT2D eigenvalue weighted by Gasteiger charge is 2.51. The van der Waals surface area contributed by atoms with Crippen molar-refractivity contribution >= 4 is 5.97 Å². The highest BCUT2D eigenvalue weighted by atomic mass is 16.5. The van der Waals surface area contributed by atoms with Crippen molar-refractivity contribution < 1.29 is 14.3 Å². The van der Waals surface area contributed by atoms with Gasteiger partial charge in [-0.2, -0.15) is 0 Å². The van der Waals surface area contributed by atoms with Crippen LogP contribution in [0.4, 0.5) is 0 Å². The number of benzene rings is 2. The standard InChI is InChI=1S/C22H26O3/c1-4-5-14-24-18-10-6-16(7-11-18)17-8-12-19(13-9-17)25-21(23)20-15-22(20,2)3/h6-13,20H,4-5,14-15H2,1-3H3. The summed E-state index contributed by atoms with van der Waals surface area (Å²) in [4.78, 5) is 12.1. The molecule has 1 atom stereocenters. The predicted octanol–water partition coefficient (Wildman–Crippen LogP) is 5.48. The van der Waals surface area contributed by atoms with Gasteiger partial charge in [0.05, 0.1) is 12.5 Å². The summed E-state index contributed by atoms with van der Waals surface area (Å²) in [5.41, 5.74) is 2.30. The second kappa shape index (κ2) is 7.30. The first-order valence-electron chi connectivity index (χ1n) is 9.04. The Bertz CT molecular complexity index is 714. The maximum Gasteiger partial charge on any atom is 0.314 e. The lowest BCUT2D eigenvalue weighted by Crippen LogP contribution is -2.13. The minimum Gasteiger partial charge on any atom is -0.494 e. The van der Waals surface area contributed by atoms with Crippen molar-refractivity contribution in [1.29, 1.82) is 0 Å². The third-order valence-corrected chi connectivity index (χ3v) is 4.82. The van der Waals surface area contributed by atoms with Crippen LogP contribution < -0.4 is 9.47 Å². The summed E-state index contributed by atoms with van der Waals surface area (Å²) in [6.45, 7) is 7.10. The van der Waals surface area contributed by atoms with Crippen LogP contribution in [-0.4, -0.2) is 12.6 Å². The Labute approximate surface area is 150 Å². The molecule has 2 aromatic carbocycles. The monoisotopic (exact) mass is 338 g/mol. The molecule has 0 amide bonds. The van der Waals surface area contributed by atoms with E-state index in [9.17, 15) is 4.79 Å². The highest BCUT2D eigenvalue weighted by Crippen LogP contribution is 2.52. The lowest BCUT2D eigenvalue weighted by molar-refractivity contribution is -0.136. The van der Waals surface area contributed by atoms with E-state index in [1.807, 2.05) is 36.4 Å². The minimum atomic E-state index is -0.119. The molecule has 1 aliphatic carbocycles. The zero-order chi connectivity index (χ0) is 17.9. The summed E-state index contributed by atoms with van der Waals surface area (Å²) in [6, 6.07) is 15.8. The van der Waals surface area contributed by atoms with Gasteiger partial charge >= 0.3 is 5.97 Å². The van der Waals surface area contributed by atoms with Crippen molar-refractivity contribution in [2.75, 3.05) is 6.61 Å². The van der Waals surface area contributed by atoms with Crippen LogP contribution in [0.1, 0.15) is 40.0 Å². The highest BCUT2D eigenvalue weighted by molar-refractivity contribution is 5.79. The molecule has 0 heterocycles. The molecule has 0 radical (unpaired) electrons. The fraction of sp³-hybridized carbons (Fsp3) is 0.409. The Hall–Kier alpha value is -2.29. The number of hydrogen-bond donors (Lipinski definition) is 0. The first-order chi connectivity index (χ1) is 12.0. The summed E-state index contributed by atoms with van der Waals surface area (Å²) in [5, 5.41) is 0. The van der Waals surface area contributed by atoms with Gasteiger partial charge in [0.25, 0.3) is 0 Å². The van der Waals surface area contributed by atoms with Gasteiger partial charge in [0.15, 0.2) is 0 Å². The SMILES string of the molecule is CCCCOc1ccc(-c2ccc(OC(=O)C3CC3(C)C)cc2)cc1. The fourth-order valence-electron chi connectivity index (χ4n) is 2.85. The van der Waals surface area contributed by atoms with E-state index in [1.165, 1.54) is 0 Å². The van der Waals surface area contributed by atoms with Crippen molar-refractivity contribution in [2.45, 2.75) is 40.0 Å². The van der Waals surface area contributed by atoms with Gasteiger partial charge in [0.1, 0.15) is 11.5 Å². The number of ether oxygens (including phenoxy) is 2. The number of hydrogen-bond acceptors (Lipinski definition) is 3. The van der Waals surface area contributed by atoms with Crippen LogP contribution in [0.2, 0.25) is 0 Å². The first-order valence-corrected chi connectivity index (χ1v) is 9.04. The van der Waals surface area contributed by atoms with Gasteiger partial charge in [-0.15, -0.1) is 0 Å². The second-order valence-electron chi connectivity index (χ2n) is 7.42. The average Bonchev–Trinajstić information content (AvgIpc) is 3.25. The summed E-state index contributed by atoms with van der Waals surface area (Å²) in [6.07, 6.45) is 3.11. The number of carbonyl (C=O) groups is 1. The summed E-state index contributed by atoms with van der Waals surface area (Å²) < 4.78 is 11.2. The molecule has 0 spiro atoms. The van der Waals surface area contributed by atoms with Gasteiger partial charge in [0.2, 0.25) is 0 Å². The van der Waals surface area contributed by atoms with E-state index in [2.05, 4.69) is 32.9 Å². The Morgan fingerprint density at radius 1 is 1.00 bits per heavy atom. The molecule has 0 aromatic heterocycles. The predicted molar refractivity (Wildman–Crippen MR) is 99.8 cm³/mol. The summed E-state index contributed by atoms with van der Waals surface area (Å²) in [7, 11) is 0. The van der Waals surface area contributed by atoms with Crippen LogP contribution in [0.15, 0.2) is 48.5 Å². The van der Waals surface area contributed by atoms with Gasteiger partial charge < -0.3 is 9.47 Å². The van der Waals surface area contributed by atoms with Gasteiger partial charge in [-0.05, 0) is 53.6 Å². The minimum absolute atomic E-state index is 0.0347. The molecule has 2 aromatic rings. The van der Waals surface area contributed by atoms with Gasteiger partial charge in [-0.1, -0.05) is 51.5 Å². The molecule has 1 aliphatic rings. The van der Waals surface area contributed by atoms with E-state index in [4.69, 9.17) is 9.47 Å². The molecule has 3 heteroatoms. The second-order valence-corrected chi connectivity index (χ2v) is 7.42.